The minimum atomic E-state index is -3.52. The molecule has 2 rings (SSSR count). The molecule has 0 radical (unpaired) electrons. The molecule has 0 spiro atoms. The Balaban J connectivity index is 2.28. The van der Waals surface area contributed by atoms with E-state index in [9.17, 15) is 8.42 Å². The molecule has 2 N–H and O–H groups in total. The van der Waals surface area contributed by atoms with E-state index in [0.717, 1.165) is 21.6 Å². The average Bonchev–Trinajstić information content (AvgIpc) is 2.93. The van der Waals surface area contributed by atoms with Crippen molar-refractivity contribution < 1.29 is 8.42 Å². The van der Waals surface area contributed by atoms with E-state index in [1.807, 2.05) is 27.0 Å². The molecule has 0 unspecified atom stereocenters. The van der Waals surface area contributed by atoms with Crippen molar-refractivity contribution in [1.29, 1.82) is 0 Å². The van der Waals surface area contributed by atoms with Crippen molar-refractivity contribution in [3.8, 4) is 0 Å². The highest BCUT2D eigenvalue weighted by Crippen LogP contribution is 2.21. The molecule has 7 heteroatoms. The normalized spacial score (nSPS) is 11.8. The zero-order valence-corrected chi connectivity index (χ0v) is 13.9. The smallest absolute Gasteiger partial charge is 0.241 e. The molecule has 0 atom stereocenters. The Hall–Kier alpha value is -1.28. The van der Waals surface area contributed by atoms with Crippen LogP contribution in [0.3, 0.4) is 0 Å². The molecular weight excluding hydrogens is 306 g/mol. The third kappa shape index (κ3) is 3.88. The predicted octanol–water partition coefficient (Wildman–Crippen LogP) is 1.96. The minimum Gasteiger partial charge on any atom is -0.316 e. The first kappa shape index (κ1) is 16.1. The Labute approximate surface area is 129 Å². The van der Waals surface area contributed by atoms with Crippen LogP contribution in [0.5, 0.6) is 0 Å². The van der Waals surface area contributed by atoms with E-state index >= 15 is 0 Å². The van der Waals surface area contributed by atoms with Gasteiger partial charge in [-0.05, 0) is 43.7 Å². The van der Waals surface area contributed by atoms with Gasteiger partial charge in [0.15, 0.2) is 0 Å². The summed E-state index contributed by atoms with van der Waals surface area (Å²) in [5, 5.41) is 3.06. The van der Waals surface area contributed by atoms with Crippen molar-refractivity contribution in [3.63, 3.8) is 0 Å². The monoisotopic (exact) mass is 325 g/mol. The SMILES string of the molecule is CNCc1cc(S(=O)(=O)NCc2cncs2)c(C)cc1C. The topological polar surface area (TPSA) is 71.1 Å². The van der Waals surface area contributed by atoms with Gasteiger partial charge in [0.1, 0.15) is 0 Å². The van der Waals surface area contributed by atoms with E-state index in [-0.39, 0.29) is 6.54 Å². The molecule has 0 aliphatic heterocycles. The van der Waals surface area contributed by atoms with Crippen LogP contribution in [0.25, 0.3) is 0 Å². The number of thiazole rings is 1. The second kappa shape index (κ2) is 6.65. The maximum absolute atomic E-state index is 12.5. The first-order valence-corrected chi connectivity index (χ1v) is 8.92. The van der Waals surface area contributed by atoms with Gasteiger partial charge in [-0.1, -0.05) is 6.07 Å². The zero-order valence-electron chi connectivity index (χ0n) is 12.3. The highest BCUT2D eigenvalue weighted by molar-refractivity contribution is 7.89. The second-order valence-electron chi connectivity index (χ2n) is 4.87. The third-order valence-electron chi connectivity index (χ3n) is 3.21. The van der Waals surface area contributed by atoms with Gasteiger partial charge in [0, 0.05) is 24.2 Å². The Morgan fingerprint density at radius 1 is 1.19 bits per heavy atom. The van der Waals surface area contributed by atoms with Crippen LogP contribution in [0.2, 0.25) is 0 Å². The summed E-state index contributed by atoms with van der Waals surface area (Å²) < 4.78 is 27.6. The lowest BCUT2D eigenvalue weighted by Gasteiger charge is -2.13. The van der Waals surface area contributed by atoms with Gasteiger partial charge < -0.3 is 5.32 Å². The minimum absolute atomic E-state index is 0.266. The Morgan fingerprint density at radius 3 is 2.57 bits per heavy atom. The van der Waals surface area contributed by atoms with Gasteiger partial charge in [-0.2, -0.15) is 0 Å². The van der Waals surface area contributed by atoms with Gasteiger partial charge in [-0.3, -0.25) is 4.98 Å². The van der Waals surface area contributed by atoms with Crippen LogP contribution in [0.15, 0.2) is 28.7 Å². The molecule has 2 aromatic rings. The van der Waals surface area contributed by atoms with E-state index in [0.29, 0.717) is 11.4 Å². The van der Waals surface area contributed by atoms with Crippen molar-refractivity contribution in [3.05, 3.63) is 45.4 Å². The van der Waals surface area contributed by atoms with Crippen LogP contribution < -0.4 is 10.0 Å². The molecule has 1 heterocycles. The number of aromatic nitrogens is 1. The van der Waals surface area contributed by atoms with E-state index in [4.69, 9.17) is 0 Å². The summed E-state index contributed by atoms with van der Waals surface area (Å²) in [4.78, 5) is 5.16. The van der Waals surface area contributed by atoms with Crippen LogP contribution in [-0.4, -0.2) is 20.4 Å². The first-order chi connectivity index (χ1) is 9.94. The van der Waals surface area contributed by atoms with Crippen molar-refractivity contribution in [2.75, 3.05) is 7.05 Å². The molecule has 0 aliphatic carbocycles. The summed E-state index contributed by atoms with van der Waals surface area (Å²) in [5.74, 6) is 0. The maximum atomic E-state index is 12.5. The molecule has 21 heavy (non-hydrogen) atoms. The summed E-state index contributed by atoms with van der Waals surface area (Å²) in [6, 6.07) is 3.66. The summed E-state index contributed by atoms with van der Waals surface area (Å²) in [6.07, 6.45) is 1.67. The number of rotatable bonds is 6. The molecule has 0 fully saturated rings. The fourth-order valence-electron chi connectivity index (χ4n) is 2.12. The molecular formula is C14H19N3O2S2. The Morgan fingerprint density at radius 2 is 1.95 bits per heavy atom. The van der Waals surface area contributed by atoms with Crippen LogP contribution in [0, 0.1) is 13.8 Å². The maximum Gasteiger partial charge on any atom is 0.241 e. The van der Waals surface area contributed by atoms with Crippen molar-refractivity contribution in [2.24, 2.45) is 0 Å². The number of benzene rings is 1. The lowest BCUT2D eigenvalue weighted by molar-refractivity contribution is 0.581. The molecule has 1 aromatic carbocycles. The van der Waals surface area contributed by atoms with E-state index in [1.54, 1.807) is 17.8 Å². The van der Waals surface area contributed by atoms with Crippen LogP contribution >= 0.6 is 11.3 Å². The number of hydrogen-bond donors (Lipinski definition) is 2. The largest absolute Gasteiger partial charge is 0.316 e. The van der Waals surface area contributed by atoms with E-state index < -0.39 is 10.0 Å². The average molecular weight is 325 g/mol. The number of sulfonamides is 1. The Kier molecular flexibility index (Phi) is 5.10. The first-order valence-electron chi connectivity index (χ1n) is 6.56. The van der Waals surface area contributed by atoms with Gasteiger partial charge >= 0.3 is 0 Å². The predicted molar refractivity (Wildman–Crippen MR) is 84.8 cm³/mol. The van der Waals surface area contributed by atoms with Crippen molar-refractivity contribution >= 4 is 21.4 Å². The molecule has 0 saturated heterocycles. The quantitative estimate of drug-likeness (QED) is 0.852. The molecule has 0 saturated carbocycles. The lowest BCUT2D eigenvalue weighted by Crippen LogP contribution is -2.24. The lowest BCUT2D eigenvalue weighted by atomic mass is 10.1. The molecule has 5 nitrogen and oxygen atoms in total. The van der Waals surface area contributed by atoms with Gasteiger partial charge in [-0.15, -0.1) is 11.3 Å². The highest BCUT2D eigenvalue weighted by atomic mass is 32.2. The van der Waals surface area contributed by atoms with E-state index in [2.05, 4.69) is 15.0 Å². The van der Waals surface area contributed by atoms with E-state index in [1.165, 1.54) is 11.3 Å². The highest BCUT2D eigenvalue weighted by Gasteiger charge is 2.18. The zero-order chi connectivity index (χ0) is 15.5. The van der Waals surface area contributed by atoms with Crippen LogP contribution in [0.4, 0.5) is 0 Å². The molecule has 0 aliphatic rings. The summed E-state index contributed by atoms with van der Waals surface area (Å²) in [7, 11) is -1.68. The Bertz CT molecular complexity index is 710. The van der Waals surface area contributed by atoms with Gasteiger partial charge in [0.2, 0.25) is 10.0 Å². The molecule has 0 bridgehead atoms. The number of nitrogens with zero attached hydrogens (tertiary/aromatic N) is 1. The van der Waals surface area contributed by atoms with Crippen molar-refractivity contribution in [1.82, 2.24) is 15.0 Å². The molecule has 114 valence electrons. The summed E-state index contributed by atoms with van der Waals surface area (Å²) >= 11 is 1.43. The van der Waals surface area contributed by atoms with Crippen LogP contribution in [-0.2, 0) is 23.1 Å². The van der Waals surface area contributed by atoms with Gasteiger partial charge in [-0.25, -0.2) is 13.1 Å². The fourth-order valence-corrected chi connectivity index (χ4v) is 4.03. The van der Waals surface area contributed by atoms with Gasteiger partial charge in [0.25, 0.3) is 0 Å². The van der Waals surface area contributed by atoms with Crippen LogP contribution in [0.1, 0.15) is 21.6 Å². The van der Waals surface area contributed by atoms with Crippen molar-refractivity contribution in [2.45, 2.75) is 31.8 Å². The summed E-state index contributed by atoms with van der Waals surface area (Å²) in [5.41, 5.74) is 4.51. The third-order valence-corrected chi connectivity index (χ3v) is 5.53. The number of hydrogen-bond acceptors (Lipinski definition) is 5. The standard InChI is InChI=1S/C14H19N3O2S2/c1-10-4-11(2)14(5-12(10)6-15-3)21(18,19)17-8-13-7-16-9-20-13/h4-5,7,9,15,17H,6,8H2,1-3H3. The molecule has 0 amide bonds. The fraction of sp³-hybridized carbons (Fsp3) is 0.357. The number of nitrogens with one attached hydrogen (secondary N) is 2. The van der Waals surface area contributed by atoms with Gasteiger partial charge in [0.05, 0.1) is 10.4 Å². The summed E-state index contributed by atoms with van der Waals surface area (Å²) in [6.45, 7) is 4.71. The second-order valence-corrected chi connectivity index (χ2v) is 7.57. The molecule has 1 aromatic heterocycles. The number of aryl methyl sites for hydroxylation is 2.